The average molecular weight is 238 g/mol. The van der Waals surface area contributed by atoms with E-state index in [1.807, 2.05) is 0 Å². The van der Waals surface area contributed by atoms with Crippen molar-refractivity contribution in [2.24, 2.45) is 0 Å². The maximum atomic E-state index is 11.6. The van der Waals surface area contributed by atoms with Gasteiger partial charge in [-0.15, -0.1) is 24.9 Å². The third-order valence-corrected chi connectivity index (χ3v) is 2.32. The third kappa shape index (κ3) is 5.48. The van der Waals surface area contributed by atoms with Crippen LogP contribution in [0.5, 0.6) is 0 Å². The van der Waals surface area contributed by atoms with Gasteiger partial charge in [0.25, 0.3) is 0 Å². The van der Waals surface area contributed by atoms with Crippen molar-refractivity contribution in [3.05, 3.63) is 18.3 Å². The molecule has 1 aromatic heterocycles. The number of alkyl halides is 3. The van der Waals surface area contributed by atoms with E-state index in [1.165, 1.54) is 18.0 Å². The topological polar surface area (TPSA) is 48.1 Å². The van der Waals surface area contributed by atoms with Gasteiger partial charge in [-0.3, -0.25) is 4.74 Å². The molecule has 0 aromatic carbocycles. The highest BCUT2D eigenvalue weighted by atomic mass is 32.2. The molecule has 0 radical (unpaired) electrons. The molecule has 0 amide bonds. The first-order valence-electron chi connectivity index (χ1n) is 4.02. The molecule has 0 bridgehead atoms. The van der Waals surface area contributed by atoms with E-state index in [0.29, 0.717) is 5.82 Å². The summed E-state index contributed by atoms with van der Waals surface area (Å²) >= 11 is 1.23. The van der Waals surface area contributed by atoms with Crippen molar-refractivity contribution in [2.45, 2.75) is 11.3 Å². The van der Waals surface area contributed by atoms with Gasteiger partial charge >= 0.3 is 6.36 Å². The molecule has 1 heterocycles. The number of hydrogen-bond acceptors (Lipinski definition) is 4. The van der Waals surface area contributed by atoms with Crippen LogP contribution >= 0.6 is 11.8 Å². The highest BCUT2D eigenvalue weighted by molar-refractivity contribution is 7.99. The van der Waals surface area contributed by atoms with E-state index in [-0.39, 0.29) is 12.4 Å². The van der Waals surface area contributed by atoms with Crippen LogP contribution in [0.4, 0.5) is 19.0 Å². The van der Waals surface area contributed by atoms with Gasteiger partial charge in [0.05, 0.1) is 6.61 Å². The van der Waals surface area contributed by atoms with E-state index in [9.17, 15) is 13.2 Å². The zero-order chi connectivity index (χ0) is 11.3. The molecule has 3 nitrogen and oxygen atoms in total. The quantitative estimate of drug-likeness (QED) is 0.645. The Morgan fingerprint density at radius 1 is 1.40 bits per heavy atom. The summed E-state index contributed by atoms with van der Waals surface area (Å²) in [6, 6.07) is 3.29. The van der Waals surface area contributed by atoms with E-state index in [2.05, 4.69) is 9.72 Å². The van der Waals surface area contributed by atoms with E-state index >= 15 is 0 Å². The lowest BCUT2D eigenvalue weighted by molar-refractivity contribution is -0.322. The van der Waals surface area contributed by atoms with Gasteiger partial charge in [0.2, 0.25) is 0 Å². The van der Waals surface area contributed by atoms with Gasteiger partial charge < -0.3 is 5.73 Å². The fourth-order valence-electron chi connectivity index (χ4n) is 0.794. The number of thioether (sulfide) groups is 1. The molecule has 0 aliphatic carbocycles. The summed E-state index contributed by atoms with van der Waals surface area (Å²) in [5.41, 5.74) is 5.34. The number of nitrogen functional groups attached to an aromatic ring is 1. The number of pyridine rings is 1. The Bertz CT molecular complexity index is 302. The van der Waals surface area contributed by atoms with Crippen LogP contribution in [-0.4, -0.2) is 23.7 Å². The molecule has 0 saturated heterocycles. The predicted octanol–water partition coefficient (Wildman–Crippen LogP) is 2.29. The Labute approximate surface area is 88.8 Å². The van der Waals surface area contributed by atoms with Gasteiger partial charge in [-0.25, -0.2) is 4.98 Å². The summed E-state index contributed by atoms with van der Waals surface area (Å²) in [6.07, 6.45) is -3.05. The molecule has 7 heteroatoms. The third-order valence-electron chi connectivity index (χ3n) is 1.38. The Kier molecular flexibility index (Phi) is 4.22. The first kappa shape index (κ1) is 12.1. The van der Waals surface area contributed by atoms with Crippen LogP contribution in [0.15, 0.2) is 23.2 Å². The van der Waals surface area contributed by atoms with Crippen LogP contribution in [0.2, 0.25) is 0 Å². The number of nitrogens with two attached hydrogens (primary N) is 1. The highest BCUT2D eigenvalue weighted by Crippen LogP contribution is 2.20. The maximum absolute atomic E-state index is 11.6. The van der Waals surface area contributed by atoms with E-state index < -0.39 is 6.36 Å². The van der Waals surface area contributed by atoms with Crippen molar-refractivity contribution in [2.75, 3.05) is 18.1 Å². The van der Waals surface area contributed by atoms with Gasteiger partial charge in [0.15, 0.2) is 0 Å². The smallest absolute Gasteiger partial charge is 0.384 e. The molecule has 0 atom stereocenters. The van der Waals surface area contributed by atoms with Crippen LogP contribution < -0.4 is 5.73 Å². The van der Waals surface area contributed by atoms with Crippen LogP contribution in [0.25, 0.3) is 0 Å². The minimum absolute atomic E-state index is 0.213. The standard InChI is InChI=1S/C8H9F3N2OS/c9-8(10,11)14-3-4-15-6-1-2-7(12)13-5-6/h1-2,5H,3-4H2,(H2,12,13). The van der Waals surface area contributed by atoms with Crippen molar-refractivity contribution in [3.8, 4) is 0 Å². The number of aromatic nitrogens is 1. The number of ether oxygens (including phenoxy) is 1. The molecule has 0 saturated carbocycles. The van der Waals surface area contributed by atoms with E-state index in [4.69, 9.17) is 5.73 Å². The SMILES string of the molecule is Nc1ccc(SCCOC(F)(F)F)cn1. The summed E-state index contributed by atoms with van der Waals surface area (Å²) in [7, 11) is 0. The molecule has 0 aliphatic rings. The van der Waals surface area contributed by atoms with Crippen molar-refractivity contribution < 1.29 is 17.9 Å². The molecule has 0 fully saturated rings. The minimum Gasteiger partial charge on any atom is -0.384 e. The Morgan fingerprint density at radius 2 is 2.13 bits per heavy atom. The lowest BCUT2D eigenvalue weighted by Gasteiger charge is -2.06. The molecular weight excluding hydrogens is 229 g/mol. The van der Waals surface area contributed by atoms with Crippen molar-refractivity contribution >= 4 is 17.6 Å². The second-order valence-corrected chi connectivity index (χ2v) is 3.73. The Balaban J connectivity index is 2.23. The van der Waals surface area contributed by atoms with Crippen LogP contribution in [0, 0.1) is 0 Å². The molecule has 1 aromatic rings. The second kappa shape index (κ2) is 5.22. The first-order valence-corrected chi connectivity index (χ1v) is 5.01. The number of anilines is 1. The average Bonchev–Trinajstić information content (AvgIpc) is 2.14. The lowest BCUT2D eigenvalue weighted by Crippen LogP contribution is -2.15. The lowest BCUT2D eigenvalue weighted by atomic mass is 10.5. The molecule has 1 rings (SSSR count). The second-order valence-electron chi connectivity index (χ2n) is 2.56. The molecule has 0 aliphatic heterocycles. The van der Waals surface area contributed by atoms with E-state index in [0.717, 1.165) is 4.90 Å². The fraction of sp³-hybridized carbons (Fsp3) is 0.375. The largest absolute Gasteiger partial charge is 0.522 e. The highest BCUT2D eigenvalue weighted by Gasteiger charge is 2.28. The Morgan fingerprint density at radius 3 is 2.67 bits per heavy atom. The van der Waals surface area contributed by atoms with Gasteiger partial charge in [0.1, 0.15) is 5.82 Å². The summed E-state index contributed by atoms with van der Waals surface area (Å²) in [5, 5.41) is 0. The predicted molar refractivity (Wildman–Crippen MR) is 51.4 cm³/mol. The zero-order valence-corrected chi connectivity index (χ0v) is 8.44. The first-order chi connectivity index (χ1) is 6.97. The summed E-state index contributed by atoms with van der Waals surface area (Å²) in [5.74, 6) is 0.594. The summed E-state index contributed by atoms with van der Waals surface area (Å²) < 4.78 is 38.3. The maximum Gasteiger partial charge on any atom is 0.522 e. The van der Waals surface area contributed by atoms with Gasteiger partial charge in [-0.1, -0.05) is 0 Å². The minimum atomic E-state index is -4.56. The van der Waals surface area contributed by atoms with Gasteiger partial charge in [-0.05, 0) is 12.1 Å². The molecule has 0 spiro atoms. The molecule has 0 unspecified atom stereocenters. The van der Waals surface area contributed by atoms with Crippen LogP contribution in [0.3, 0.4) is 0 Å². The van der Waals surface area contributed by atoms with Gasteiger partial charge in [-0.2, -0.15) is 0 Å². The van der Waals surface area contributed by atoms with Gasteiger partial charge in [0, 0.05) is 16.8 Å². The van der Waals surface area contributed by atoms with Crippen molar-refractivity contribution in [1.82, 2.24) is 4.98 Å². The summed E-state index contributed by atoms with van der Waals surface area (Å²) in [6.45, 7) is -0.376. The monoisotopic (exact) mass is 238 g/mol. The number of halogens is 3. The number of rotatable bonds is 4. The van der Waals surface area contributed by atoms with Crippen molar-refractivity contribution in [1.29, 1.82) is 0 Å². The summed E-state index contributed by atoms with van der Waals surface area (Å²) in [4.78, 5) is 4.56. The molecule has 2 N–H and O–H groups in total. The van der Waals surface area contributed by atoms with Crippen LogP contribution in [0.1, 0.15) is 0 Å². The van der Waals surface area contributed by atoms with E-state index in [1.54, 1.807) is 12.1 Å². The number of hydrogen-bond donors (Lipinski definition) is 1. The number of nitrogens with zero attached hydrogens (tertiary/aromatic N) is 1. The molecule has 15 heavy (non-hydrogen) atoms. The fourth-order valence-corrected chi connectivity index (χ4v) is 1.49. The molecular formula is C8H9F3N2OS. The molecule has 84 valence electrons. The van der Waals surface area contributed by atoms with Crippen LogP contribution in [-0.2, 0) is 4.74 Å². The normalized spacial score (nSPS) is 11.7. The zero-order valence-electron chi connectivity index (χ0n) is 7.62. The van der Waals surface area contributed by atoms with Crippen molar-refractivity contribution in [3.63, 3.8) is 0 Å². The Hall–Kier alpha value is -0.950.